The lowest BCUT2D eigenvalue weighted by molar-refractivity contribution is -0.131. The maximum absolute atomic E-state index is 11.1. The van der Waals surface area contributed by atoms with Gasteiger partial charge in [-0.3, -0.25) is 14.1 Å². The van der Waals surface area contributed by atoms with Crippen LogP contribution in [-0.4, -0.2) is 41.9 Å². The Bertz CT molecular complexity index is 542. The van der Waals surface area contributed by atoms with Gasteiger partial charge in [0.05, 0.1) is 0 Å². The number of likely N-dealkylation sites (N-methyl/N-ethyl adjacent to an activating group) is 1. The Kier molecular flexibility index (Phi) is 2.25. The average Bonchev–Trinajstić information content (AvgIpc) is 2.45. The van der Waals surface area contributed by atoms with Crippen LogP contribution in [0.1, 0.15) is 6.42 Å². The van der Waals surface area contributed by atoms with E-state index >= 15 is 0 Å². The van der Waals surface area contributed by atoms with Crippen molar-refractivity contribution in [3.8, 4) is 0 Å². The number of rotatable bonds is 1. The lowest BCUT2D eigenvalue weighted by Gasteiger charge is -2.20. The van der Waals surface area contributed by atoms with Gasteiger partial charge in [-0.1, -0.05) is 0 Å². The fourth-order valence-corrected chi connectivity index (χ4v) is 2.77. The van der Waals surface area contributed by atoms with Gasteiger partial charge in [-0.2, -0.15) is 8.42 Å². The van der Waals surface area contributed by atoms with Crippen molar-refractivity contribution in [3.63, 3.8) is 0 Å². The molecule has 16 heavy (non-hydrogen) atoms. The number of allylic oxidation sites excluding steroid dienone is 3. The quantitative estimate of drug-likeness (QED) is 0.379. The fraction of sp³-hybridized carbons (Fsp3) is 0.333. The van der Waals surface area contributed by atoms with Crippen LogP contribution < -0.4 is 0 Å². The highest BCUT2D eigenvalue weighted by Gasteiger charge is 2.40. The van der Waals surface area contributed by atoms with Crippen LogP contribution in [0.3, 0.4) is 0 Å². The van der Waals surface area contributed by atoms with Crippen LogP contribution in [0.2, 0.25) is 0 Å². The predicted molar refractivity (Wildman–Crippen MR) is 53.9 cm³/mol. The molecule has 1 aliphatic heterocycles. The zero-order valence-electron chi connectivity index (χ0n) is 8.37. The lowest BCUT2D eigenvalue weighted by Crippen LogP contribution is -2.32. The summed E-state index contributed by atoms with van der Waals surface area (Å²) in [5.41, 5.74) is 0.849. The summed E-state index contributed by atoms with van der Waals surface area (Å²) in [6.07, 6.45) is 2.24. The van der Waals surface area contributed by atoms with Crippen molar-refractivity contribution in [2.45, 2.75) is 11.8 Å². The standard InChI is InChI=1S/C9H9NO5S/c1-10-6-4-8(12)7(11)2-5(6)3-9(10)16(13,14)15/h2,4,9H,3H2,1H3,(H,13,14,15). The fourth-order valence-electron chi connectivity index (χ4n) is 1.87. The molecular formula is C9H9NO5S. The summed E-state index contributed by atoms with van der Waals surface area (Å²) in [4.78, 5) is 23.5. The first-order valence-corrected chi connectivity index (χ1v) is 6.01. The Hall–Kier alpha value is -1.47. The molecule has 0 saturated carbocycles. The molecule has 0 amide bonds. The molecule has 1 unspecified atom stereocenters. The van der Waals surface area contributed by atoms with E-state index in [1.165, 1.54) is 11.9 Å². The number of likely N-dealkylation sites (tertiary alicyclic amines) is 1. The Morgan fingerprint density at radius 1 is 1.31 bits per heavy atom. The molecule has 0 radical (unpaired) electrons. The second kappa shape index (κ2) is 3.26. The van der Waals surface area contributed by atoms with Crippen molar-refractivity contribution in [1.82, 2.24) is 4.90 Å². The molecule has 1 aliphatic carbocycles. The van der Waals surface area contributed by atoms with Crippen LogP contribution >= 0.6 is 0 Å². The Labute approximate surface area is 92.0 Å². The van der Waals surface area contributed by atoms with Gasteiger partial charge in [-0.15, -0.1) is 0 Å². The van der Waals surface area contributed by atoms with Gasteiger partial charge in [0, 0.05) is 25.2 Å². The van der Waals surface area contributed by atoms with Gasteiger partial charge >= 0.3 is 0 Å². The van der Waals surface area contributed by atoms with Crippen LogP contribution in [-0.2, 0) is 19.7 Å². The molecule has 1 saturated heterocycles. The topological polar surface area (TPSA) is 91.8 Å². The largest absolute Gasteiger partial charge is 0.356 e. The number of carbonyl (C=O) groups is 2. The first-order valence-electron chi connectivity index (χ1n) is 4.51. The van der Waals surface area contributed by atoms with Crippen LogP contribution in [0, 0.1) is 0 Å². The number of hydrogen-bond acceptors (Lipinski definition) is 5. The lowest BCUT2D eigenvalue weighted by atomic mass is 10.0. The number of ketones is 2. The highest BCUT2D eigenvalue weighted by Crippen LogP contribution is 2.35. The van der Waals surface area contributed by atoms with E-state index in [1.807, 2.05) is 0 Å². The molecule has 1 heterocycles. The molecule has 0 aromatic heterocycles. The third kappa shape index (κ3) is 1.57. The second-order valence-corrected chi connectivity index (χ2v) is 5.29. The molecule has 1 N–H and O–H groups in total. The Morgan fingerprint density at radius 2 is 1.88 bits per heavy atom. The summed E-state index contributed by atoms with van der Waals surface area (Å²) >= 11 is 0. The number of carbonyl (C=O) groups excluding carboxylic acids is 2. The molecule has 2 rings (SSSR count). The second-order valence-electron chi connectivity index (χ2n) is 3.71. The molecule has 1 fully saturated rings. The highest BCUT2D eigenvalue weighted by atomic mass is 32.2. The van der Waals surface area contributed by atoms with E-state index in [9.17, 15) is 18.0 Å². The minimum absolute atomic E-state index is 0.0141. The molecule has 6 nitrogen and oxygen atoms in total. The summed E-state index contributed by atoms with van der Waals surface area (Å²) in [7, 11) is -2.77. The van der Waals surface area contributed by atoms with Crippen molar-refractivity contribution < 1.29 is 22.6 Å². The SMILES string of the molecule is CN1C2=CC(=O)C(=O)C=C2CC1S(=O)(=O)O. The number of fused-ring (bicyclic) bond motifs is 1. The summed E-state index contributed by atoms with van der Waals surface area (Å²) in [5.74, 6) is -1.34. The molecule has 0 aromatic rings. The zero-order chi connectivity index (χ0) is 12.1. The Balaban J connectivity index is 2.47. The minimum atomic E-state index is -4.22. The van der Waals surface area contributed by atoms with E-state index in [0.717, 1.165) is 12.2 Å². The van der Waals surface area contributed by atoms with Crippen molar-refractivity contribution in [2.75, 3.05) is 7.05 Å². The molecule has 0 aromatic carbocycles. The normalized spacial score (nSPS) is 25.4. The van der Waals surface area contributed by atoms with Crippen molar-refractivity contribution >= 4 is 21.7 Å². The van der Waals surface area contributed by atoms with Crippen LogP contribution in [0.4, 0.5) is 0 Å². The zero-order valence-corrected chi connectivity index (χ0v) is 9.19. The molecule has 1 atom stereocenters. The van der Waals surface area contributed by atoms with E-state index in [1.54, 1.807) is 0 Å². The van der Waals surface area contributed by atoms with E-state index in [0.29, 0.717) is 11.3 Å². The Morgan fingerprint density at radius 3 is 2.44 bits per heavy atom. The number of nitrogens with zero attached hydrogens (tertiary/aromatic N) is 1. The van der Waals surface area contributed by atoms with Gasteiger partial charge in [0.2, 0.25) is 11.6 Å². The van der Waals surface area contributed by atoms with E-state index in [2.05, 4.69) is 0 Å². The molecule has 2 aliphatic rings. The van der Waals surface area contributed by atoms with Gasteiger partial charge in [0.15, 0.2) is 5.37 Å². The van der Waals surface area contributed by atoms with E-state index in [-0.39, 0.29) is 6.42 Å². The van der Waals surface area contributed by atoms with E-state index < -0.39 is 27.1 Å². The molecule has 0 bridgehead atoms. The van der Waals surface area contributed by atoms with Crippen LogP contribution in [0.25, 0.3) is 0 Å². The molecule has 86 valence electrons. The smallest absolute Gasteiger partial charge is 0.286 e. The minimum Gasteiger partial charge on any atom is -0.356 e. The van der Waals surface area contributed by atoms with Gasteiger partial charge in [0.25, 0.3) is 10.1 Å². The van der Waals surface area contributed by atoms with Gasteiger partial charge < -0.3 is 4.90 Å². The van der Waals surface area contributed by atoms with Gasteiger partial charge in [-0.25, -0.2) is 0 Å². The molecular weight excluding hydrogens is 234 g/mol. The van der Waals surface area contributed by atoms with E-state index in [4.69, 9.17) is 4.55 Å². The maximum Gasteiger partial charge on any atom is 0.286 e. The third-order valence-electron chi connectivity index (χ3n) is 2.70. The number of hydrogen-bond donors (Lipinski definition) is 1. The van der Waals surface area contributed by atoms with Gasteiger partial charge in [0.1, 0.15) is 0 Å². The summed E-state index contributed by atoms with van der Waals surface area (Å²) < 4.78 is 31.1. The molecule has 0 spiro atoms. The summed E-state index contributed by atoms with van der Waals surface area (Å²) in [5, 5.41) is -1.12. The molecule has 7 heteroatoms. The first-order chi connectivity index (χ1) is 7.30. The maximum atomic E-state index is 11.1. The van der Waals surface area contributed by atoms with Crippen molar-refractivity contribution in [2.24, 2.45) is 0 Å². The highest BCUT2D eigenvalue weighted by molar-refractivity contribution is 7.86. The van der Waals surface area contributed by atoms with Crippen molar-refractivity contribution in [3.05, 3.63) is 23.4 Å². The predicted octanol–water partition coefficient (Wildman–Crippen LogP) is -0.502. The monoisotopic (exact) mass is 243 g/mol. The first kappa shape index (κ1) is 11.0. The van der Waals surface area contributed by atoms with Crippen LogP contribution in [0.5, 0.6) is 0 Å². The summed E-state index contributed by atoms with van der Waals surface area (Å²) in [6.45, 7) is 0. The van der Waals surface area contributed by atoms with Crippen LogP contribution in [0.15, 0.2) is 23.4 Å². The van der Waals surface area contributed by atoms with Crippen molar-refractivity contribution in [1.29, 1.82) is 0 Å². The third-order valence-corrected chi connectivity index (χ3v) is 3.87. The average molecular weight is 243 g/mol. The summed E-state index contributed by atoms with van der Waals surface area (Å²) in [6, 6.07) is 0. The van der Waals surface area contributed by atoms with Gasteiger partial charge in [-0.05, 0) is 11.6 Å².